The van der Waals surface area contributed by atoms with Crippen molar-refractivity contribution < 1.29 is 4.79 Å². The molecule has 1 amide bonds. The van der Waals surface area contributed by atoms with Crippen LogP contribution in [0.1, 0.15) is 38.8 Å². The van der Waals surface area contributed by atoms with Crippen LogP contribution in [0.4, 0.5) is 0 Å². The van der Waals surface area contributed by atoms with Gasteiger partial charge in [-0.15, -0.1) is 0 Å². The molecule has 1 rings (SSSR count). The third kappa shape index (κ3) is 3.95. The molecule has 2 unspecified atom stereocenters. The van der Waals surface area contributed by atoms with Crippen molar-refractivity contribution in [3.8, 4) is 0 Å². The smallest absolute Gasteiger partial charge is 0.240 e. The second-order valence-electron chi connectivity index (χ2n) is 5.09. The third-order valence-electron chi connectivity index (χ3n) is 3.82. The first-order chi connectivity index (χ1) is 8.88. The van der Waals surface area contributed by atoms with Gasteiger partial charge in [-0.3, -0.25) is 4.79 Å². The van der Waals surface area contributed by atoms with Crippen LogP contribution >= 0.6 is 11.6 Å². The number of nitrogens with two attached hydrogens (primary N) is 1. The fourth-order valence-electron chi connectivity index (χ4n) is 1.89. The van der Waals surface area contributed by atoms with Crippen LogP contribution in [0.5, 0.6) is 0 Å². The predicted octanol–water partition coefficient (Wildman–Crippen LogP) is 3.23. The number of hydrogen-bond acceptors (Lipinski definition) is 2. The van der Waals surface area contributed by atoms with Gasteiger partial charge in [0.15, 0.2) is 0 Å². The predicted molar refractivity (Wildman–Crippen MR) is 80.1 cm³/mol. The average Bonchev–Trinajstić information content (AvgIpc) is 2.44. The number of amides is 1. The quantitative estimate of drug-likeness (QED) is 0.901. The molecule has 0 heterocycles. The van der Waals surface area contributed by atoms with Gasteiger partial charge in [0.25, 0.3) is 0 Å². The summed E-state index contributed by atoms with van der Waals surface area (Å²) in [6.45, 7) is 6.04. The molecule has 106 valence electrons. The van der Waals surface area contributed by atoms with E-state index in [0.717, 1.165) is 12.0 Å². The third-order valence-corrected chi connectivity index (χ3v) is 4.08. The summed E-state index contributed by atoms with van der Waals surface area (Å²) in [5, 5.41) is 0.696. The maximum atomic E-state index is 12.3. The molecule has 0 radical (unpaired) electrons. The van der Waals surface area contributed by atoms with E-state index in [1.165, 1.54) is 0 Å². The number of halogens is 1. The molecule has 3 nitrogen and oxygen atoms in total. The largest absolute Gasteiger partial charge is 0.338 e. The molecule has 0 aliphatic carbocycles. The lowest BCUT2D eigenvalue weighted by Crippen LogP contribution is -2.46. The summed E-state index contributed by atoms with van der Waals surface area (Å²) in [5.74, 6) is 0.171. The van der Waals surface area contributed by atoms with Crippen molar-refractivity contribution in [2.24, 2.45) is 11.7 Å². The van der Waals surface area contributed by atoms with Gasteiger partial charge in [-0.1, -0.05) is 44.0 Å². The number of benzene rings is 1. The summed E-state index contributed by atoms with van der Waals surface area (Å²) in [7, 11) is 1.80. The van der Waals surface area contributed by atoms with Gasteiger partial charge in [0.1, 0.15) is 0 Å². The van der Waals surface area contributed by atoms with E-state index in [4.69, 9.17) is 17.3 Å². The van der Waals surface area contributed by atoms with Crippen molar-refractivity contribution in [2.75, 3.05) is 7.05 Å². The zero-order valence-corrected chi connectivity index (χ0v) is 12.8. The van der Waals surface area contributed by atoms with Crippen LogP contribution in [0.3, 0.4) is 0 Å². The summed E-state index contributed by atoms with van der Waals surface area (Å²) < 4.78 is 0. The van der Waals surface area contributed by atoms with Crippen LogP contribution in [0.15, 0.2) is 24.3 Å². The van der Waals surface area contributed by atoms with E-state index >= 15 is 0 Å². The molecule has 4 heteroatoms. The fourth-order valence-corrected chi connectivity index (χ4v) is 2.01. The molecule has 0 spiro atoms. The first kappa shape index (κ1) is 16.0. The Labute approximate surface area is 120 Å². The van der Waals surface area contributed by atoms with E-state index in [1.54, 1.807) is 11.9 Å². The summed E-state index contributed by atoms with van der Waals surface area (Å²) in [6, 6.07) is 7.09. The van der Waals surface area contributed by atoms with Crippen LogP contribution < -0.4 is 5.73 Å². The van der Waals surface area contributed by atoms with Gasteiger partial charge in [-0.05, 0) is 30.5 Å². The molecule has 0 aromatic heterocycles. The fraction of sp³-hybridized carbons (Fsp3) is 0.533. The zero-order chi connectivity index (χ0) is 14.6. The first-order valence-corrected chi connectivity index (χ1v) is 7.04. The number of nitrogens with zero attached hydrogens (tertiary/aromatic N) is 1. The van der Waals surface area contributed by atoms with E-state index < -0.39 is 6.04 Å². The van der Waals surface area contributed by atoms with E-state index in [1.807, 2.05) is 45.0 Å². The highest BCUT2D eigenvalue weighted by Gasteiger charge is 2.26. The highest BCUT2D eigenvalue weighted by atomic mass is 35.5. The Balaban J connectivity index is 2.79. The normalized spacial score (nSPS) is 15.7. The maximum Gasteiger partial charge on any atom is 0.240 e. The van der Waals surface area contributed by atoms with Gasteiger partial charge < -0.3 is 10.6 Å². The molecule has 19 heavy (non-hydrogen) atoms. The first-order valence-electron chi connectivity index (χ1n) is 6.66. The van der Waals surface area contributed by atoms with E-state index in [9.17, 15) is 4.79 Å². The molecule has 0 aliphatic heterocycles. The van der Waals surface area contributed by atoms with E-state index in [0.29, 0.717) is 5.02 Å². The van der Waals surface area contributed by atoms with E-state index in [-0.39, 0.29) is 17.9 Å². The lowest BCUT2D eigenvalue weighted by molar-refractivity contribution is -0.134. The van der Waals surface area contributed by atoms with Gasteiger partial charge in [0.05, 0.1) is 12.1 Å². The Kier molecular flexibility index (Phi) is 5.83. The summed E-state index contributed by atoms with van der Waals surface area (Å²) >= 11 is 5.87. The Bertz CT molecular complexity index is 419. The number of rotatable bonds is 5. The van der Waals surface area contributed by atoms with Crippen LogP contribution in [-0.2, 0) is 4.79 Å². The number of carbonyl (C=O) groups is 1. The van der Waals surface area contributed by atoms with Crippen molar-refractivity contribution in [1.29, 1.82) is 0 Å². The zero-order valence-electron chi connectivity index (χ0n) is 12.1. The molecule has 1 aromatic rings. The Hall–Kier alpha value is -1.06. The van der Waals surface area contributed by atoms with Crippen molar-refractivity contribution in [3.05, 3.63) is 34.9 Å². The van der Waals surface area contributed by atoms with Crippen LogP contribution in [-0.4, -0.2) is 23.9 Å². The number of hydrogen-bond donors (Lipinski definition) is 1. The van der Waals surface area contributed by atoms with Crippen molar-refractivity contribution in [1.82, 2.24) is 4.90 Å². The summed E-state index contributed by atoms with van der Waals surface area (Å²) in [4.78, 5) is 14.0. The Morgan fingerprint density at radius 2 is 1.84 bits per heavy atom. The molecular formula is C15H23ClN2O. The lowest BCUT2D eigenvalue weighted by Gasteiger charge is -2.30. The standard InChI is InChI=1S/C15H23ClN2O/c1-5-10(2)14(17)15(19)18(4)11(3)12-6-8-13(16)9-7-12/h6-11,14H,5,17H2,1-4H3/t10?,11?,14-/m0/s1. The minimum absolute atomic E-state index is 0.0140. The summed E-state index contributed by atoms with van der Waals surface area (Å²) in [5.41, 5.74) is 7.05. The van der Waals surface area contributed by atoms with Gasteiger partial charge in [0.2, 0.25) is 5.91 Å². The molecule has 0 bridgehead atoms. The molecule has 0 saturated heterocycles. The minimum Gasteiger partial charge on any atom is -0.338 e. The van der Waals surface area contributed by atoms with Crippen LogP contribution in [0, 0.1) is 5.92 Å². The topological polar surface area (TPSA) is 46.3 Å². The molecule has 0 fully saturated rings. The molecular weight excluding hydrogens is 260 g/mol. The minimum atomic E-state index is -0.440. The number of likely N-dealkylation sites (N-methyl/N-ethyl adjacent to an activating group) is 1. The lowest BCUT2D eigenvalue weighted by atomic mass is 9.98. The second kappa shape index (κ2) is 6.92. The van der Waals surface area contributed by atoms with E-state index in [2.05, 4.69) is 0 Å². The molecule has 0 saturated carbocycles. The van der Waals surface area contributed by atoms with Crippen LogP contribution in [0.2, 0.25) is 5.02 Å². The van der Waals surface area contributed by atoms with Crippen LogP contribution in [0.25, 0.3) is 0 Å². The average molecular weight is 283 g/mol. The van der Waals surface area contributed by atoms with Gasteiger partial charge >= 0.3 is 0 Å². The SMILES string of the molecule is CCC(C)[C@H](N)C(=O)N(C)C(C)c1ccc(Cl)cc1. The highest BCUT2D eigenvalue weighted by Crippen LogP contribution is 2.22. The van der Waals surface area contributed by atoms with Crippen molar-refractivity contribution >= 4 is 17.5 Å². The highest BCUT2D eigenvalue weighted by molar-refractivity contribution is 6.30. The van der Waals surface area contributed by atoms with Gasteiger partial charge in [0, 0.05) is 12.1 Å². The molecule has 1 aromatic carbocycles. The van der Waals surface area contributed by atoms with Crippen molar-refractivity contribution in [3.63, 3.8) is 0 Å². The van der Waals surface area contributed by atoms with Gasteiger partial charge in [-0.25, -0.2) is 0 Å². The monoisotopic (exact) mass is 282 g/mol. The maximum absolute atomic E-state index is 12.3. The Morgan fingerprint density at radius 3 is 2.32 bits per heavy atom. The molecule has 0 aliphatic rings. The molecule has 3 atom stereocenters. The van der Waals surface area contributed by atoms with Crippen molar-refractivity contribution in [2.45, 2.75) is 39.3 Å². The number of carbonyl (C=O) groups excluding carboxylic acids is 1. The Morgan fingerprint density at radius 1 is 1.32 bits per heavy atom. The summed E-state index contributed by atoms with van der Waals surface area (Å²) in [6.07, 6.45) is 0.899. The molecule has 2 N–H and O–H groups in total. The second-order valence-corrected chi connectivity index (χ2v) is 5.52. The van der Waals surface area contributed by atoms with Gasteiger partial charge in [-0.2, -0.15) is 0 Å².